The molecule has 0 aliphatic rings. The first-order valence-corrected chi connectivity index (χ1v) is 5.08. The normalized spacial score (nSPS) is 9.81. The molecule has 0 saturated carbocycles. The van der Waals surface area contributed by atoms with Crippen molar-refractivity contribution in [2.75, 3.05) is 0 Å². The summed E-state index contributed by atoms with van der Waals surface area (Å²) < 4.78 is 4.99. The lowest BCUT2D eigenvalue weighted by molar-refractivity contribution is -0.384. The fourth-order valence-corrected chi connectivity index (χ4v) is 1.14. The molecule has 0 aliphatic heterocycles. The van der Waals surface area contributed by atoms with E-state index in [1.807, 2.05) is 6.92 Å². The molecular formula is C11H13NO4. The number of rotatable bonds is 5. The van der Waals surface area contributed by atoms with Gasteiger partial charge in [-0.1, -0.05) is 13.3 Å². The first-order valence-electron chi connectivity index (χ1n) is 5.08. The van der Waals surface area contributed by atoms with E-state index in [1.165, 1.54) is 24.3 Å². The Labute approximate surface area is 93.2 Å². The van der Waals surface area contributed by atoms with E-state index in [-0.39, 0.29) is 11.7 Å². The highest BCUT2D eigenvalue weighted by Crippen LogP contribution is 2.17. The minimum absolute atomic E-state index is 0.0200. The van der Waals surface area contributed by atoms with E-state index >= 15 is 0 Å². The maximum absolute atomic E-state index is 11.2. The molecule has 0 heterocycles. The lowest BCUT2D eigenvalue weighted by Crippen LogP contribution is -2.07. The fourth-order valence-electron chi connectivity index (χ4n) is 1.14. The topological polar surface area (TPSA) is 69.4 Å². The van der Waals surface area contributed by atoms with Crippen molar-refractivity contribution in [3.05, 3.63) is 34.4 Å². The fraction of sp³-hybridized carbons (Fsp3) is 0.364. The van der Waals surface area contributed by atoms with Crippen molar-refractivity contribution in [3.63, 3.8) is 0 Å². The number of nitrogens with zero attached hydrogens (tertiary/aromatic N) is 1. The van der Waals surface area contributed by atoms with E-state index in [2.05, 4.69) is 0 Å². The Morgan fingerprint density at radius 2 is 2.00 bits per heavy atom. The molecule has 1 aromatic rings. The SMILES string of the molecule is CCCCC(=O)Oc1ccc([N+](=O)[O-])cc1. The number of nitro groups is 1. The summed E-state index contributed by atoms with van der Waals surface area (Å²) in [5.41, 5.74) is -0.0200. The van der Waals surface area contributed by atoms with Crippen molar-refractivity contribution < 1.29 is 14.5 Å². The summed E-state index contributed by atoms with van der Waals surface area (Å²) in [5, 5.41) is 10.4. The Hall–Kier alpha value is -1.91. The highest BCUT2D eigenvalue weighted by atomic mass is 16.6. The van der Waals surface area contributed by atoms with Gasteiger partial charge in [0, 0.05) is 18.6 Å². The van der Waals surface area contributed by atoms with Gasteiger partial charge in [-0.05, 0) is 18.6 Å². The number of hydrogen-bond donors (Lipinski definition) is 0. The van der Waals surface area contributed by atoms with Crippen LogP contribution in [-0.2, 0) is 4.79 Å². The van der Waals surface area contributed by atoms with Gasteiger partial charge >= 0.3 is 5.97 Å². The summed E-state index contributed by atoms with van der Waals surface area (Å²) >= 11 is 0. The van der Waals surface area contributed by atoms with E-state index < -0.39 is 4.92 Å². The molecule has 1 rings (SSSR count). The van der Waals surface area contributed by atoms with Crippen molar-refractivity contribution in [2.24, 2.45) is 0 Å². The predicted molar refractivity (Wildman–Crippen MR) is 58.3 cm³/mol. The molecule has 5 nitrogen and oxygen atoms in total. The average molecular weight is 223 g/mol. The summed E-state index contributed by atoms with van der Waals surface area (Å²) in [6.45, 7) is 1.99. The number of nitro benzene ring substituents is 1. The molecule has 5 heteroatoms. The van der Waals surface area contributed by atoms with Crippen LogP contribution in [0.5, 0.6) is 5.75 Å². The van der Waals surface area contributed by atoms with Crippen LogP contribution in [0.25, 0.3) is 0 Å². The van der Waals surface area contributed by atoms with Crippen LogP contribution in [0.1, 0.15) is 26.2 Å². The second-order valence-electron chi connectivity index (χ2n) is 3.33. The minimum atomic E-state index is -0.497. The largest absolute Gasteiger partial charge is 0.427 e. The zero-order valence-electron chi connectivity index (χ0n) is 9.01. The number of carbonyl (C=O) groups excluding carboxylic acids is 1. The van der Waals surface area contributed by atoms with Gasteiger partial charge < -0.3 is 4.74 Å². The molecule has 0 bridgehead atoms. The lowest BCUT2D eigenvalue weighted by atomic mass is 10.2. The monoisotopic (exact) mass is 223 g/mol. The van der Waals surface area contributed by atoms with Crippen LogP contribution in [0.3, 0.4) is 0 Å². The maximum atomic E-state index is 11.2. The van der Waals surface area contributed by atoms with Crippen LogP contribution < -0.4 is 4.74 Å². The van der Waals surface area contributed by atoms with Crippen LogP contribution in [0.2, 0.25) is 0 Å². The number of unbranched alkanes of at least 4 members (excludes halogenated alkanes) is 1. The zero-order chi connectivity index (χ0) is 12.0. The average Bonchev–Trinajstić information content (AvgIpc) is 2.27. The Morgan fingerprint density at radius 1 is 1.38 bits per heavy atom. The van der Waals surface area contributed by atoms with Crippen molar-refractivity contribution in [1.29, 1.82) is 0 Å². The molecule has 0 atom stereocenters. The van der Waals surface area contributed by atoms with Crippen molar-refractivity contribution >= 4 is 11.7 Å². The Kier molecular flexibility index (Phi) is 4.44. The van der Waals surface area contributed by atoms with Crippen molar-refractivity contribution in [3.8, 4) is 5.75 Å². The molecule has 0 aromatic heterocycles. The molecule has 16 heavy (non-hydrogen) atoms. The molecule has 86 valence electrons. The van der Waals surface area contributed by atoms with Gasteiger partial charge in [0.1, 0.15) is 5.75 Å². The van der Waals surface area contributed by atoms with Gasteiger partial charge in [-0.15, -0.1) is 0 Å². The molecule has 0 aliphatic carbocycles. The quantitative estimate of drug-likeness (QED) is 0.333. The van der Waals surface area contributed by atoms with Crippen LogP contribution in [0.15, 0.2) is 24.3 Å². The van der Waals surface area contributed by atoms with Crippen LogP contribution in [-0.4, -0.2) is 10.9 Å². The molecular weight excluding hydrogens is 210 g/mol. The van der Waals surface area contributed by atoms with Crippen LogP contribution in [0, 0.1) is 10.1 Å². The number of benzene rings is 1. The Bertz CT molecular complexity index is 372. The maximum Gasteiger partial charge on any atom is 0.311 e. The van der Waals surface area contributed by atoms with Gasteiger partial charge in [-0.3, -0.25) is 14.9 Å². The number of ether oxygens (including phenoxy) is 1. The van der Waals surface area contributed by atoms with Crippen molar-refractivity contribution in [1.82, 2.24) is 0 Å². The summed E-state index contributed by atoms with van der Waals surface area (Å²) in [4.78, 5) is 21.1. The number of esters is 1. The Balaban J connectivity index is 2.55. The lowest BCUT2D eigenvalue weighted by Gasteiger charge is -2.02. The second kappa shape index (κ2) is 5.85. The van der Waals surface area contributed by atoms with Gasteiger partial charge in [0.05, 0.1) is 4.92 Å². The van der Waals surface area contributed by atoms with E-state index in [0.29, 0.717) is 12.2 Å². The number of non-ortho nitro benzene ring substituents is 1. The summed E-state index contributed by atoms with van der Waals surface area (Å²) in [6, 6.07) is 5.45. The van der Waals surface area contributed by atoms with E-state index in [0.717, 1.165) is 12.8 Å². The molecule has 0 saturated heterocycles. The number of carbonyl (C=O) groups is 1. The highest BCUT2D eigenvalue weighted by molar-refractivity contribution is 5.72. The zero-order valence-corrected chi connectivity index (χ0v) is 9.01. The first-order chi connectivity index (χ1) is 7.63. The summed E-state index contributed by atoms with van der Waals surface area (Å²) in [6.07, 6.45) is 2.08. The molecule has 0 unspecified atom stereocenters. The van der Waals surface area contributed by atoms with Crippen molar-refractivity contribution in [2.45, 2.75) is 26.2 Å². The molecule has 0 amide bonds. The first kappa shape index (κ1) is 12.2. The van der Waals surface area contributed by atoms with Gasteiger partial charge in [-0.25, -0.2) is 0 Å². The molecule has 0 radical (unpaired) electrons. The highest BCUT2D eigenvalue weighted by Gasteiger charge is 2.07. The molecule has 0 spiro atoms. The van der Waals surface area contributed by atoms with Gasteiger partial charge in [0.2, 0.25) is 0 Å². The van der Waals surface area contributed by atoms with Gasteiger partial charge in [0.15, 0.2) is 0 Å². The standard InChI is InChI=1S/C11H13NO4/c1-2-3-4-11(13)16-10-7-5-9(6-8-10)12(14)15/h5-8H,2-4H2,1H3. The van der Waals surface area contributed by atoms with Crippen LogP contribution in [0.4, 0.5) is 5.69 Å². The summed E-state index contributed by atoms with van der Waals surface area (Å²) in [7, 11) is 0. The minimum Gasteiger partial charge on any atom is -0.427 e. The van der Waals surface area contributed by atoms with E-state index in [9.17, 15) is 14.9 Å². The summed E-state index contributed by atoms with van der Waals surface area (Å²) in [5.74, 6) is 0.0300. The molecule has 1 aromatic carbocycles. The number of hydrogen-bond acceptors (Lipinski definition) is 4. The van der Waals surface area contributed by atoms with E-state index in [1.54, 1.807) is 0 Å². The van der Waals surface area contributed by atoms with Gasteiger partial charge in [0.25, 0.3) is 5.69 Å². The Morgan fingerprint density at radius 3 is 2.50 bits per heavy atom. The smallest absolute Gasteiger partial charge is 0.311 e. The van der Waals surface area contributed by atoms with Gasteiger partial charge in [-0.2, -0.15) is 0 Å². The van der Waals surface area contributed by atoms with E-state index in [4.69, 9.17) is 4.74 Å². The molecule has 0 N–H and O–H groups in total. The third kappa shape index (κ3) is 3.68. The third-order valence-electron chi connectivity index (χ3n) is 2.01. The van der Waals surface area contributed by atoms with Crippen LogP contribution >= 0.6 is 0 Å². The third-order valence-corrected chi connectivity index (χ3v) is 2.01. The molecule has 0 fully saturated rings. The second-order valence-corrected chi connectivity index (χ2v) is 3.33. The predicted octanol–water partition coefficient (Wildman–Crippen LogP) is 2.69.